The molecule has 0 radical (unpaired) electrons. The van der Waals surface area contributed by atoms with E-state index in [4.69, 9.17) is 15.6 Å². The molecule has 1 saturated carbocycles. The van der Waals surface area contributed by atoms with Crippen LogP contribution >= 0.6 is 0 Å². The summed E-state index contributed by atoms with van der Waals surface area (Å²) in [4.78, 5) is 11.6. The van der Waals surface area contributed by atoms with E-state index in [-0.39, 0.29) is 0 Å². The lowest BCUT2D eigenvalue weighted by Crippen LogP contribution is -2.50. The van der Waals surface area contributed by atoms with Crippen LogP contribution < -0.4 is 15.8 Å². The van der Waals surface area contributed by atoms with Crippen molar-refractivity contribution in [1.82, 2.24) is 30.0 Å². The van der Waals surface area contributed by atoms with Crippen LogP contribution in [0.1, 0.15) is 57.4 Å². The molecular weight excluding hydrogens is 486 g/mol. The van der Waals surface area contributed by atoms with Crippen molar-refractivity contribution in [2.75, 3.05) is 12.8 Å². The van der Waals surface area contributed by atoms with Crippen LogP contribution in [-0.4, -0.2) is 55.9 Å². The standard InChI is InChI=1S/C31H37N7O/c1-37-24-13-14-25(37)18-22(17-24)35-21-9-11-23(12-10-21)38-31-28(30(32)33-19-34-31)29(36-38)20-7-15-27(16-8-20)39-26-5-3-2-4-6-26/h2-8,15-16,19,21-25,35H,9-14,17-18H2,1H3,(H2,32,33,34)/t21?,23?,24-,25-/m1/s1. The van der Waals surface area contributed by atoms with Crippen molar-refractivity contribution in [3.8, 4) is 22.8 Å². The van der Waals surface area contributed by atoms with Crippen LogP contribution in [0.3, 0.4) is 0 Å². The highest BCUT2D eigenvalue weighted by molar-refractivity contribution is 5.98. The molecule has 2 aromatic carbocycles. The molecule has 3 fully saturated rings. The van der Waals surface area contributed by atoms with E-state index in [1.54, 1.807) is 6.33 Å². The number of hydrogen-bond acceptors (Lipinski definition) is 7. The summed E-state index contributed by atoms with van der Waals surface area (Å²) in [6, 6.07) is 20.9. The number of fused-ring (bicyclic) bond motifs is 3. The van der Waals surface area contributed by atoms with E-state index >= 15 is 0 Å². The van der Waals surface area contributed by atoms with Crippen molar-refractivity contribution in [3.63, 3.8) is 0 Å². The second kappa shape index (κ2) is 10.2. The summed E-state index contributed by atoms with van der Waals surface area (Å²) in [5, 5.41) is 9.97. The number of rotatable bonds is 6. The number of anilines is 1. The van der Waals surface area contributed by atoms with Gasteiger partial charge in [-0.1, -0.05) is 18.2 Å². The van der Waals surface area contributed by atoms with Gasteiger partial charge in [0.05, 0.1) is 11.4 Å². The fraction of sp³-hybridized carbons (Fsp3) is 0.452. The highest BCUT2D eigenvalue weighted by Gasteiger charge is 2.39. The van der Waals surface area contributed by atoms with Gasteiger partial charge in [0, 0.05) is 29.7 Å². The number of nitrogens with one attached hydrogen (secondary N) is 1. The van der Waals surface area contributed by atoms with Gasteiger partial charge in [0.25, 0.3) is 0 Å². The van der Waals surface area contributed by atoms with Crippen LogP contribution in [0.15, 0.2) is 60.9 Å². The molecule has 2 aliphatic heterocycles. The molecule has 2 saturated heterocycles. The normalized spacial score (nSPS) is 27.2. The average Bonchev–Trinajstić information content (AvgIpc) is 3.43. The lowest BCUT2D eigenvalue weighted by Gasteiger charge is -2.39. The van der Waals surface area contributed by atoms with Gasteiger partial charge in [0.2, 0.25) is 0 Å². The third kappa shape index (κ3) is 4.76. The third-order valence-corrected chi connectivity index (χ3v) is 9.24. The Morgan fingerprint density at radius 3 is 2.18 bits per heavy atom. The number of benzene rings is 2. The van der Waals surface area contributed by atoms with E-state index < -0.39 is 0 Å². The Labute approximate surface area is 229 Å². The SMILES string of the molecule is CN1[C@@H]2CC[C@@H]1CC(NC1CCC(n3nc(-c4ccc(Oc5ccccc5)cc4)c4c(N)ncnc43)CC1)C2. The highest BCUT2D eigenvalue weighted by Crippen LogP contribution is 2.38. The molecule has 0 amide bonds. The van der Waals surface area contributed by atoms with Gasteiger partial charge in [0.1, 0.15) is 29.3 Å². The number of hydrogen-bond donors (Lipinski definition) is 2. The van der Waals surface area contributed by atoms with Crippen molar-refractivity contribution in [1.29, 1.82) is 0 Å². The number of nitrogen functional groups attached to an aromatic ring is 1. The van der Waals surface area contributed by atoms with Crippen LogP contribution in [0.5, 0.6) is 11.5 Å². The minimum atomic E-state index is 0.308. The molecule has 39 heavy (non-hydrogen) atoms. The molecule has 8 nitrogen and oxygen atoms in total. The molecule has 4 heterocycles. The summed E-state index contributed by atoms with van der Waals surface area (Å²) >= 11 is 0. The third-order valence-electron chi connectivity index (χ3n) is 9.24. The van der Waals surface area contributed by atoms with Gasteiger partial charge in [0.15, 0.2) is 5.65 Å². The lowest BCUT2D eigenvalue weighted by atomic mass is 9.89. The van der Waals surface area contributed by atoms with Gasteiger partial charge in [-0.25, -0.2) is 14.6 Å². The number of para-hydroxylation sites is 1. The first-order valence-electron chi connectivity index (χ1n) is 14.4. The Morgan fingerprint density at radius 1 is 0.795 bits per heavy atom. The van der Waals surface area contributed by atoms with E-state index in [2.05, 4.69) is 31.9 Å². The van der Waals surface area contributed by atoms with Crippen LogP contribution in [0.25, 0.3) is 22.3 Å². The molecule has 4 aromatic rings. The molecule has 7 rings (SSSR count). The van der Waals surface area contributed by atoms with Gasteiger partial charge >= 0.3 is 0 Å². The van der Waals surface area contributed by atoms with Crippen LogP contribution in [0, 0.1) is 0 Å². The number of nitrogens with two attached hydrogens (primary N) is 1. The Balaban J connectivity index is 1.07. The summed E-state index contributed by atoms with van der Waals surface area (Å²) in [7, 11) is 2.32. The minimum absolute atomic E-state index is 0.308. The second-order valence-electron chi connectivity index (χ2n) is 11.6. The Bertz CT molecular complexity index is 1410. The van der Waals surface area contributed by atoms with Crippen LogP contribution in [-0.2, 0) is 0 Å². The Kier molecular flexibility index (Phi) is 6.45. The highest BCUT2D eigenvalue weighted by atomic mass is 16.5. The first-order chi connectivity index (χ1) is 19.1. The fourth-order valence-corrected chi connectivity index (χ4v) is 7.13. The summed E-state index contributed by atoms with van der Waals surface area (Å²) < 4.78 is 8.10. The predicted molar refractivity (Wildman–Crippen MR) is 154 cm³/mol. The van der Waals surface area contributed by atoms with Crippen molar-refractivity contribution in [2.45, 2.75) is 81.6 Å². The molecule has 1 aliphatic carbocycles. The molecule has 3 aliphatic rings. The molecule has 0 spiro atoms. The van der Waals surface area contributed by atoms with E-state index in [9.17, 15) is 0 Å². The quantitative estimate of drug-likeness (QED) is 0.341. The van der Waals surface area contributed by atoms with Gasteiger partial charge in [-0.2, -0.15) is 5.10 Å². The molecule has 2 aromatic heterocycles. The molecule has 0 unspecified atom stereocenters. The number of nitrogens with zero attached hydrogens (tertiary/aromatic N) is 5. The summed E-state index contributed by atoms with van der Waals surface area (Å²) in [5.41, 5.74) is 9.02. The first kappa shape index (κ1) is 24.5. The maximum Gasteiger partial charge on any atom is 0.164 e. The van der Waals surface area contributed by atoms with Crippen LogP contribution in [0.4, 0.5) is 5.82 Å². The van der Waals surface area contributed by atoms with Crippen LogP contribution in [0.2, 0.25) is 0 Å². The second-order valence-corrected chi connectivity index (χ2v) is 11.6. The predicted octanol–water partition coefficient (Wildman–Crippen LogP) is 5.57. The van der Waals surface area contributed by atoms with Crippen molar-refractivity contribution < 1.29 is 4.74 Å². The fourth-order valence-electron chi connectivity index (χ4n) is 7.13. The zero-order chi connectivity index (χ0) is 26.3. The summed E-state index contributed by atoms with van der Waals surface area (Å²) in [5.74, 6) is 2.06. The van der Waals surface area contributed by atoms with Crippen molar-refractivity contribution >= 4 is 16.9 Å². The van der Waals surface area contributed by atoms with Crippen molar-refractivity contribution in [2.24, 2.45) is 0 Å². The molecule has 202 valence electrons. The molecular formula is C31H37N7O. The number of ether oxygens (including phenoxy) is 1. The Hall–Kier alpha value is -3.49. The zero-order valence-electron chi connectivity index (χ0n) is 22.5. The largest absolute Gasteiger partial charge is 0.457 e. The topological polar surface area (TPSA) is 94.1 Å². The number of aromatic nitrogens is 4. The monoisotopic (exact) mass is 523 g/mol. The van der Waals surface area contributed by atoms with Gasteiger partial charge < -0.3 is 20.7 Å². The zero-order valence-corrected chi connectivity index (χ0v) is 22.5. The first-order valence-corrected chi connectivity index (χ1v) is 14.4. The molecule has 2 atom stereocenters. The van der Waals surface area contributed by atoms with Gasteiger partial charge in [-0.3, -0.25) is 0 Å². The lowest BCUT2D eigenvalue weighted by molar-refractivity contribution is 0.136. The van der Waals surface area contributed by atoms with E-state index in [1.165, 1.54) is 25.7 Å². The van der Waals surface area contributed by atoms with E-state index in [0.29, 0.717) is 23.9 Å². The molecule has 3 N–H and O–H groups in total. The van der Waals surface area contributed by atoms with Gasteiger partial charge in [-0.15, -0.1) is 0 Å². The molecule has 2 bridgehead atoms. The van der Waals surface area contributed by atoms with E-state index in [1.807, 2.05) is 54.6 Å². The van der Waals surface area contributed by atoms with Crippen molar-refractivity contribution in [3.05, 3.63) is 60.9 Å². The average molecular weight is 524 g/mol. The number of piperidine rings is 1. The Morgan fingerprint density at radius 2 is 1.46 bits per heavy atom. The molecule has 8 heteroatoms. The maximum absolute atomic E-state index is 6.39. The smallest absolute Gasteiger partial charge is 0.164 e. The maximum atomic E-state index is 6.39. The minimum Gasteiger partial charge on any atom is -0.457 e. The summed E-state index contributed by atoms with van der Waals surface area (Å²) in [6.07, 6.45) is 11.4. The van der Waals surface area contributed by atoms with Gasteiger partial charge in [-0.05, 0) is 94.8 Å². The van der Waals surface area contributed by atoms with E-state index in [0.717, 1.165) is 71.6 Å². The summed E-state index contributed by atoms with van der Waals surface area (Å²) in [6.45, 7) is 0.